The second-order valence-corrected chi connectivity index (χ2v) is 3.61. The number of rotatable bonds is 5. The van der Waals surface area contributed by atoms with E-state index in [1.165, 1.54) is 0 Å². The van der Waals surface area contributed by atoms with Gasteiger partial charge in [-0.15, -0.1) is 0 Å². The maximum absolute atomic E-state index is 6.06. The van der Waals surface area contributed by atoms with Gasteiger partial charge in [-0.1, -0.05) is 44.9 Å². The summed E-state index contributed by atoms with van der Waals surface area (Å²) in [6.45, 7) is 4.36. The van der Waals surface area contributed by atoms with Crippen LogP contribution >= 0.6 is 0 Å². The number of hydrogen-bond acceptors (Lipinski definition) is 2. The largest absolute Gasteiger partial charge is 0.370 e. The monoisotopic (exact) mass is 192 g/mol. The topological polar surface area (TPSA) is 38.0 Å². The van der Waals surface area contributed by atoms with E-state index in [1.54, 1.807) is 0 Å². The van der Waals surface area contributed by atoms with Crippen LogP contribution < -0.4 is 11.1 Å². The van der Waals surface area contributed by atoms with Crippen LogP contribution in [0.3, 0.4) is 0 Å². The molecule has 0 bridgehead atoms. The second-order valence-electron chi connectivity index (χ2n) is 3.61. The SMILES string of the molecule is CCC(CC)C(N)Nc1ccccc1. The molecular weight excluding hydrogens is 172 g/mol. The number of benzene rings is 1. The molecule has 1 unspecified atom stereocenters. The van der Waals surface area contributed by atoms with E-state index in [-0.39, 0.29) is 6.17 Å². The summed E-state index contributed by atoms with van der Waals surface area (Å²) < 4.78 is 0. The summed E-state index contributed by atoms with van der Waals surface area (Å²) in [6.07, 6.45) is 2.31. The van der Waals surface area contributed by atoms with Gasteiger partial charge in [0.25, 0.3) is 0 Å². The first-order chi connectivity index (χ1) is 6.77. The van der Waals surface area contributed by atoms with E-state index < -0.39 is 0 Å². The lowest BCUT2D eigenvalue weighted by Crippen LogP contribution is -2.37. The van der Waals surface area contributed by atoms with Gasteiger partial charge in [0.2, 0.25) is 0 Å². The molecule has 0 saturated heterocycles. The highest BCUT2D eigenvalue weighted by molar-refractivity contribution is 5.43. The maximum atomic E-state index is 6.06. The van der Waals surface area contributed by atoms with Crippen LogP contribution in [0, 0.1) is 5.92 Å². The molecular formula is C12H20N2. The van der Waals surface area contributed by atoms with E-state index >= 15 is 0 Å². The molecule has 0 amide bonds. The van der Waals surface area contributed by atoms with E-state index in [1.807, 2.05) is 30.3 Å². The summed E-state index contributed by atoms with van der Waals surface area (Å²) in [5.41, 5.74) is 7.16. The lowest BCUT2D eigenvalue weighted by Gasteiger charge is -2.23. The molecule has 0 radical (unpaired) electrons. The first-order valence-corrected chi connectivity index (χ1v) is 5.35. The van der Waals surface area contributed by atoms with E-state index in [2.05, 4.69) is 19.2 Å². The molecule has 0 aliphatic heterocycles. The van der Waals surface area contributed by atoms with Crippen molar-refractivity contribution in [2.45, 2.75) is 32.9 Å². The number of anilines is 1. The first-order valence-electron chi connectivity index (χ1n) is 5.35. The van der Waals surface area contributed by atoms with Crippen molar-refractivity contribution in [3.8, 4) is 0 Å². The zero-order valence-electron chi connectivity index (χ0n) is 9.03. The van der Waals surface area contributed by atoms with Crippen molar-refractivity contribution in [2.75, 3.05) is 5.32 Å². The van der Waals surface area contributed by atoms with E-state index in [9.17, 15) is 0 Å². The van der Waals surface area contributed by atoms with Gasteiger partial charge in [-0.2, -0.15) is 0 Å². The summed E-state index contributed by atoms with van der Waals surface area (Å²) in [5, 5.41) is 3.32. The third kappa shape index (κ3) is 3.04. The Labute approximate surface area is 86.5 Å². The highest BCUT2D eigenvalue weighted by Crippen LogP contribution is 2.14. The van der Waals surface area contributed by atoms with Crippen molar-refractivity contribution in [3.63, 3.8) is 0 Å². The fourth-order valence-corrected chi connectivity index (χ4v) is 1.64. The van der Waals surface area contributed by atoms with E-state index in [0.29, 0.717) is 5.92 Å². The third-order valence-electron chi connectivity index (χ3n) is 2.66. The molecule has 0 saturated carbocycles. The molecule has 1 aromatic carbocycles. The molecule has 1 rings (SSSR count). The van der Waals surface area contributed by atoms with Gasteiger partial charge in [-0.05, 0) is 18.1 Å². The van der Waals surface area contributed by atoms with Gasteiger partial charge >= 0.3 is 0 Å². The third-order valence-corrected chi connectivity index (χ3v) is 2.66. The van der Waals surface area contributed by atoms with Crippen LogP contribution in [0.25, 0.3) is 0 Å². The summed E-state index contributed by atoms with van der Waals surface area (Å²) in [6, 6.07) is 10.1. The Morgan fingerprint density at radius 1 is 1.14 bits per heavy atom. The van der Waals surface area contributed by atoms with Gasteiger partial charge in [-0.25, -0.2) is 0 Å². The van der Waals surface area contributed by atoms with Crippen molar-refractivity contribution in [2.24, 2.45) is 11.7 Å². The van der Waals surface area contributed by atoms with E-state index in [0.717, 1.165) is 18.5 Å². The molecule has 0 aliphatic carbocycles. The molecule has 1 aromatic rings. The fourth-order valence-electron chi connectivity index (χ4n) is 1.64. The predicted octanol–water partition coefficient (Wildman–Crippen LogP) is 2.82. The molecule has 0 heterocycles. The van der Waals surface area contributed by atoms with Crippen LogP contribution in [0.4, 0.5) is 5.69 Å². The average molecular weight is 192 g/mol. The van der Waals surface area contributed by atoms with E-state index in [4.69, 9.17) is 5.73 Å². The van der Waals surface area contributed by atoms with Crippen molar-refractivity contribution in [1.29, 1.82) is 0 Å². The Morgan fingerprint density at radius 3 is 2.21 bits per heavy atom. The smallest absolute Gasteiger partial charge is 0.0771 e. The minimum Gasteiger partial charge on any atom is -0.370 e. The van der Waals surface area contributed by atoms with Gasteiger partial charge in [-0.3, -0.25) is 0 Å². The Hall–Kier alpha value is -1.02. The number of nitrogens with one attached hydrogen (secondary N) is 1. The molecule has 2 heteroatoms. The van der Waals surface area contributed by atoms with Gasteiger partial charge in [0.05, 0.1) is 6.17 Å². The van der Waals surface area contributed by atoms with Gasteiger partial charge in [0.15, 0.2) is 0 Å². The number of para-hydroxylation sites is 1. The first kappa shape index (κ1) is 11.1. The zero-order chi connectivity index (χ0) is 10.4. The van der Waals surface area contributed by atoms with Gasteiger partial charge < -0.3 is 11.1 Å². The van der Waals surface area contributed by atoms with Crippen LogP contribution in [0.5, 0.6) is 0 Å². The summed E-state index contributed by atoms with van der Waals surface area (Å²) >= 11 is 0. The molecule has 0 fully saturated rings. The summed E-state index contributed by atoms with van der Waals surface area (Å²) in [4.78, 5) is 0. The van der Waals surface area contributed by atoms with Crippen LogP contribution in [0.15, 0.2) is 30.3 Å². The highest BCUT2D eigenvalue weighted by atomic mass is 15.0. The van der Waals surface area contributed by atoms with Crippen LogP contribution in [-0.4, -0.2) is 6.17 Å². The normalized spacial score (nSPS) is 12.9. The second kappa shape index (κ2) is 5.66. The zero-order valence-corrected chi connectivity index (χ0v) is 9.03. The minimum atomic E-state index is 0.0624. The molecule has 78 valence electrons. The lowest BCUT2D eigenvalue weighted by molar-refractivity contribution is 0.425. The minimum absolute atomic E-state index is 0.0624. The Balaban J connectivity index is 2.52. The molecule has 0 spiro atoms. The highest BCUT2D eigenvalue weighted by Gasteiger charge is 2.12. The average Bonchev–Trinajstić information content (AvgIpc) is 2.21. The Morgan fingerprint density at radius 2 is 1.71 bits per heavy atom. The quantitative estimate of drug-likeness (QED) is 0.704. The van der Waals surface area contributed by atoms with Crippen LogP contribution in [-0.2, 0) is 0 Å². The van der Waals surface area contributed by atoms with Crippen molar-refractivity contribution in [1.82, 2.24) is 0 Å². The Bertz CT molecular complexity index is 242. The maximum Gasteiger partial charge on any atom is 0.0771 e. The van der Waals surface area contributed by atoms with Crippen molar-refractivity contribution < 1.29 is 0 Å². The van der Waals surface area contributed by atoms with Crippen molar-refractivity contribution in [3.05, 3.63) is 30.3 Å². The standard InChI is InChI=1S/C12H20N2/c1-3-10(4-2)12(13)14-11-8-6-5-7-9-11/h5-10,12,14H,3-4,13H2,1-2H3. The predicted molar refractivity (Wildman–Crippen MR) is 62.1 cm³/mol. The number of hydrogen-bond donors (Lipinski definition) is 2. The van der Waals surface area contributed by atoms with Crippen molar-refractivity contribution >= 4 is 5.69 Å². The molecule has 0 aliphatic rings. The summed E-state index contributed by atoms with van der Waals surface area (Å²) in [7, 11) is 0. The van der Waals surface area contributed by atoms with Crippen LogP contribution in [0.1, 0.15) is 26.7 Å². The van der Waals surface area contributed by atoms with Gasteiger partial charge in [0, 0.05) is 5.69 Å². The lowest BCUT2D eigenvalue weighted by atomic mass is 10.00. The molecule has 1 atom stereocenters. The molecule has 14 heavy (non-hydrogen) atoms. The fraction of sp³-hybridized carbons (Fsp3) is 0.500. The molecule has 3 N–H and O–H groups in total. The summed E-state index contributed by atoms with van der Waals surface area (Å²) in [5.74, 6) is 0.551. The van der Waals surface area contributed by atoms with Crippen LogP contribution in [0.2, 0.25) is 0 Å². The molecule has 0 aromatic heterocycles. The molecule has 2 nitrogen and oxygen atoms in total. The Kier molecular flexibility index (Phi) is 4.47. The number of nitrogens with two attached hydrogens (primary N) is 1. The van der Waals surface area contributed by atoms with Gasteiger partial charge in [0.1, 0.15) is 0 Å².